The van der Waals surface area contributed by atoms with Gasteiger partial charge < -0.3 is 9.47 Å². The monoisotopic (exact) mass is 258 g/mol. The predicted molar refractivity (Wildman–Crippen MR) is 63.2 cm³/mol. The number of ether oxygens (including phenoxy) is 2. The Morgan fingerprint density at radius 1 is 1.26 bits per heavy atom. The van der Waals surface area contributed by atoms with Crippen LogP contribution in [0.3, 0.4) is 0 Å². The van der Waals surface area contributed by atoms with Crippen LogP contribution in [0, 0.1) is 56.2 Å². The van der Waals surface area contributed by atoms with Crippen molar-refractivity contribution in [3.05, 3.63) is 0 Å². The van der Waals surface area contributed by atoms with Gasteiger partial charge in [0.25, 0.3) is 0 Å². The zero-order valence-electron chi connectivity index (χ0n) is 11.0. The molecule has 0 aromatic heterocycles. The summed E-state index contributed by atoms with van der Waals surface area (Å²) in [7, 11) is 0. The maximum Gasteiger partial charge on any atom is 0.214 e. The van der Waals surface area contributed by atoms with Gasteiger partial charge in [-0.05, 0) is 6.42 Å². The summed E-state index contributed by atoms with van der Waals surface area (Å²) < 4.78 is 11.2. The van der Waals surface area contributed by atoms with Crippen molar-refractivity contribution in [1.82, 2.24) is 0 Å². The van der Waals surface area contributed by atoms with Crippen LogP contribution < -0.4 is 0 Å². The van der Waals surface area contributed by atoms with Gasteiger partial charge in [-0.2, -0.15) is 15.8 Å². The van der Waals surface area contributed by atoms with E-state index in [1.165, 1.54) is 0 Å². The average molecular weight is 258 g/mol. The highest BCUT2D eigenvalue weighted by molar-refractivity contribution is 5.88. The molecule has 3 rings (SSSR count). The Kier molecular flexibility index (Phi) is 2.59. The molecule has 3 heterocycles. The molecule has 0 aliphatic carbocycles. The molecule has 0 unspecified atom stereocenters. The third-order valence-corrected chi connectivity index (χ3v) is 4.48. The number of nitrogens with zero attached hydrogens (tertiary/aromatic N) is 3. The molecule has 0 saturated carbocycles. The molecule has 4 atom stereocenters. The fourth-order valence-corrected chi connectivity index (χ4v) is 3.18. The maximum absolute atomic E-state index is 9.58. The van der Waals surface area contributed by atoms with E-state index < -0.39 is 28.6 Å². The van der Waals surface area contributed by atoms with Gasteiger partial charge in [0.15, 0.2) is 10.8 Å². The standard InChI is InChI=1S/C13H14N4O2/c1-4-9-13(7-16)10(17)19-11(3,18-9)8(2)12(13,5-14)6-15/h8-9,17H,4H2,1-3H3/t8-,9-,11+,13+/m1/s1. The van der Waals surface area contributed by atoms with Gasteiger partial charge in [0.05, 0.1) is 30.2 Å². The molecule has 3 saturated heterocycles. The quantitative estimate of drug-likeness (QED) is 0.768. The van der Waals surface area contributed by atoms with Crippen LogP contribution in [0.5, 0.6) is 0 Å². The van der Waals surface area contributed by atoms with E-state index in [1.807, 2.05) is 18.2 Å². The smallest absolute Gasteiger partial charge is 0.214 e. The lowest BCUT2D eigenvalue weighted by Gasteiger charge is -2.60. The largest absolute Gasteiger partial charge is 0.448 e. The highest BCUT2D eigenvalue weighted by Gasteiger charge is 2.77. The predicted octanol–water partition coefficient (Wildman–Crippen LogP) is 1.70. The molecule has 98 valence electrons. The molecule has 19 heavy (non-hydrogen) atoms. The summed E-state index contributed by atoms with van der Waals surface area (Å²) in [5.74, 6) is -2.19. The van der Waals surface area contributed by atoms with Crippen LogP contribution in [0.2, 0.25) is 0 Å². The summed E-state index contributed by atoms with van der Waals surface area (Å²) in [5, 5.41) is 36.7. The van der Waals surface area contributed by atoms with Gasteiger partial charge in [-0.1, -0.05) is 13.8 Å². The first kappa shape index (κ1) is 13.3. The summed E-state index contributed by atoms with van der Waals surface area (Å²) in [6, 6.07) is 5.93. The average Bonchev–Trinajstić information content (AvgIpc) is 2.40. The minimum absolute atomic E-state index is 0.336. The van der Waals surface area contributed by atoms with Crippen LogP contribution in [0.15, 0.2) is 0 Å². The van der Waals surface area contributed by atoms with Gasteiger partial charge in [0.1, 0.15) is 0 Å². The normalized spacial score (nSPS) is 42.6. The Labute approximate surface area is 111 Å². The molecule has 0 spiro atoms. The van der Waals surface area contributed by atoms with Crippen molar-refractivity contribution >= 4 is 5.90 Å². The Balaban J connectivity index is 2.81. The van der Waals surface area contributed by atoms with E-state index in [0.717, 1.165) is 0 Å². The van der Waals surface area contributed by atoms with Gasteiger partial charge in [0.2, 0.25) is 11.7 Å². The molecule has 0 aromatic carbocycles. The fourth-order valence-electron chi connectivity index (χ4n) is 3.18. The number of hydrogen-bond acceptors (Lipinski definition) is 6. The minimum atomic E-state index is -1.66. The Morgan fingerprint density at radius 2 is 1.84 bits per heavy atom. The number of hydrogen-bond donors (Lipinski definition) is 1. The summed E-state index contributed by atoms with van der Waals surface area (Å²) in [5.41, 5.74) is -3.30. The zero-order chi connectivity index (χ0) is 14.5. The SMILES string of the molecule is CC[C@H]1O[C@@]2(C)OC(=N)[C@@]1(C#N)C(C#N)(C#N)[C@@H]2C. The minimum Gasteiger partial charge on any atom is -0.448 e. The Hall–Kier alpha value is -2.10. The van der Waals surface area contributed by atoms with Crippen LogP contribution in [0.25, 0.3) is 0 Å². The molecular formula is C13H14N4O2. The van der Waals surface area contributed by atoms with Gasteiger partial charge in [-0.3, -0.25) is 5.41 Å². The number of nitrogens with one attached hydrogen (secondary N) is 1. The molecule has 3 fully saturated rings. The van der Waals surface area contributed by atoms with Crippen molar-refractivity contribution in [3.63, 3.8) is 0 Å². The second kappa shape index (κ2) is 3.70. The van der Waals surface area contributed by atoms with E-state index in [1.54, 1.807) is 20.8 Å². The Bertz CT molecular complexity index is 553. The van der Waals surface area contributed by atoms with E-state index in [2.05, 4.69) is 0 Å². The van der Waals surface area contributed by atoms with Crippen LogP contribution in [-0.4, -0.2) is 17.8 Å². The molecule has 3 aliphatic rings. The van der Waals surface area contributed by atoms with Gasteiger partial charge >= 0.3 is 0 Å². The molecule has 0 radical (unpaired) electrons. The zero-order valence-corrected chi connectivity index (χ0v) is 11.0. The van der Waals surface area contributed by atoms with E-state index in [-0.39, 0.29) is 5.90 Å². The first-order chi connectivity index (χ1) is 8.88. The molecule has 0 aromatic rings. The first-order valence-corrected chi connectivity index (χ1v) is 6.08. The van der Waals surface area contributed by atoms with Crippen LogP contribution in [0.1, 0.15) is 27.2 Å². The topological polar surface area (TPSA) is 114 Å². The second-order valence-electron chi connectivity index (χ2n) is 5.14. The van der Waals surface area contributed by atoms with E-state index in [9.17, 15) is 15.8 Å². The van der Waals surface area contributed by atoms with E-state index in [0.29, 0.717) is 6.42 Å². The molecular weight excluding hydrogens is 244 g/mol. The lowest BCUT2D eigenvalue weighted by atomic mass is 9.51. The van der Waals surface area contributed by atoms with Crippen molar-refractivity contribution in [2.75, 3.05) is 0 Å². The van der Waals surface area contributed by atoms with Crippen molar-refractivity contribution in [2.45, 2.75) is 39.1 Å². The maximum atomic E-state index is 9.58. The lowest BCUT2D eigenvalue weighted by molar-refractivity contribution is -0.335. The summed E-state index contributed by atoms with van der Waals surface area (Å²) >= 11 is 0. The number of fused-ring (bicyclic) bond motifs is 3. The van der Waals surface area contributed by atoms with E-state index in [4.69, 9.17) is 14.9 Å². The molecule has 2 bridgehead atoms. The second-order valence-corrected chi connectivity index (χ2v) is 5.14. The van der Waals surface area contributed by atoms with Gasteiger partial charge in [-0.15, -0.1) is 0 Å². The number of nitriles is 3. The van der Waals surface area contributed by atoms with Gasteiger partial charge in [-0.25, -0.2) is 0 Å². The highest BCUT2D eigenvalue weighted by atomic mass is 16.7. The third-order valence-electron chi connectivity index (χ3n) is 4.48. The van der Waals surface area contributed by atoms with Crippen molar-refractivity contribution in [1.29, 1.82) is 21.2 Å². The van der Waals surface area contributed by atoms with Crippen molar-refractivity contribution in [2.24, 2.45) is 16.7 Å². The number of rotatable bonds is 1. The summed E-state index contributed by atoms with van der Waals surface area (Å²) in [4.78, 5) is 0. The van der Waals surface area contributed by atoms with Gasteiger partial charge in [0, 0.05) is 6.92 Å². The molecule has 0 amide bonds. The molecule has 3 aliphatic heterocycles. The molecule has 6 nitrogen and oxygen atoms in total. The highest BCUT2D eigenvalue weighted by Crippen LogP contribution is 2.62. The van der Waals surface area contributed by atoms with E-state index >= 15 is 0 Å². The fraction of sp³-hybridized carbons (Fsp3) is 0.692. The van der Waals surface area contributed by atoms with Crippen LogP contribution in [0.4, 0.5) is 0 Å². The third kappa shape index (κ3) is 1.14. The molecule has 1 N–H and O–H groups in total. The lowest BCUT2D eigenvalue weighted by Crippen LogP contribution is -2.73. The summed E-state index contributed by atoms with van der Waals surface area (Å²) in [6.07, 6.45) is -0.272. The van der Waals surface area contributed by atoms with Crippen LogP contribution >= 0.6 is 0 Å². The molecule has 6 heteroatoms. The van der Waals surface area contributed by atoms with Crippen LogP contribution in [-0.2, 0) is 9.47 Å². The first-order valence-electron chi connectivity index (χ1n) is 6.08. The summed E-state index contributed by atoms with van der Waals surface area (Å²) in [6.45, 7) is 5.06. The Morgan fingerprint density at radius 3 is 2.26 bits per heavy atom. The van der Waals surface area contributed by atoms with Crippen molar-refractivity contribution < 1.29 is 9.47 Å². The van der Waals surface area contributed by atoms with Crippen molar-refractivity contribution in [3.8, 4) is 18.2 Å².